The van der Waals surface area contributed by atoms with Crippen LogP contribution >= 0.6 is 0 Å². The standard InChI is InChI=1S/C18H20F3N3O3/c1-17(2)26-10-12(15(27-17)11-7-5-4-6-8-11)22-16(25)13-9-14(18(19,20)21)23-24(13)3/h4-9,12,15H,10H2,1-3H3,(H,22,25)/t12-,15-/m1/s1. The van der Waals surface area contributed by atoms with Gasteiger partial charge in [-0.1, -0.05) is 30.3 Å². The van der Waals surface area contributed by atoms with Gasteiger partial charge in [-0.3, -0.25) is 9.48 Å². The van der Waals surface area contributed by atoms with Gasteiger partial charge < -0.3 is 14.8 Å². The molecule has 1 fully saturated rings. The topological polar surface area (TPSA) is 65.4 Å². The highest BCUT2D eigenvalue weighted by Crippen LogP contribution is 2.33. The number of aromatic nitrogens is 2. The molecule has 0 radical (unpaired) electrons. The summed E-state index contributed by atoms with van der Waals surface area (Å²) in [6.07, 6.45) is -5.13. The summed E-state index contributed by atoms with van der Waals surface area (Å²) in [6, 6.07) is 9.41. The van der Waals surface area contributed by atoms with Crippen LogP contribution in [-0.2, 0) is 22.7 Å². The first-order valence-electron chi connectivity index (χ1n) is 8.36. The Kier molecular flexibility index (Phi) is 5.00. The summed E-state index contributed by atoms with van der Waals surface area (Å²) >= 11 is 0. The lowest BCUT2D eigenvalue weighted by Gasteiger charge is -2.41. The van der Waals surface area contributed by atoms with E-state index in [1.54, 1.807) is 13.8 Å². The summed E-state index contributed by atoms with van der Waals surface area (Å²) in [5.41, 5.74) is -0.480. The average Bonchev–Trinajstić information content (AvgIpc) is 2.99. The molecule has 0 aliphatic carbocycles. The number of aryl methyl sites for hydroxylation is 1. The maximum Gasteiger partial charge on any atom is 0.435 e. The monoisotopic (exact) mass is 383 g/mol. The Labute approximate surface area is 154 Å². The second kappa shape index (κ2) is 6.97. The molecule has 0 bridgehead atoms. The fraction of sp³-hybridized carbons (Fsp3) is 0.444. The van der Waals surface area contributed by atoms with E-state index in [0.29, 0.717) is 0 Å². The quantitative estimate of drug-likeness (QED) is 0.885. The van der Waals surface area contributed by atoms with Crippen LogP contribution in [0, 0.1) is 0 Å². The van der Waals surface area contributed by atoms with Gasteiger partial charge in [-0.05, 0) is 19.4 Å². The predicted octanol–water partition coefficient (Wildman–Crippen LogP) is 3.06. The van der Waals surface area contributed by atoms with Crippen LogP contribution in [0.25, 0.3) is 0 Å². The van der Waals surface area contributed by atoms with Crippen molar-refractivity contribution in [3.05, 3.63) is 53.3 Å². The second-order valence-electron chi connectivity index (χ2n) is 6.78. The first kappa shape index (κ1) is 19.4. The number of carbonyl (C=O) groups is 1. The van der Waals surface area contributed by atoms with E-state index in [4.69, 9.17) is 9.47 Å². The van der Waals surface area contributed by atoms with Crippen molar-refractivity contribution in [1.82, 2.24) is 15.1 Å². The number of carbonyl (C=O) groups excluding carboxylic acids is 1. The fourth-order valence-corrected chi connectivity index (χ4v) is 2.92. The van der Waals surface area contributed by atoms with Gasteiger partial charge in [0, 0.05) is 13.1 Å². The molecule has 2 aromatic rings. The molecular formula is C18H20F3N3O3. The molecule has 0 saturated carbocycles. The third-order valence-electron chi connectivity index (χ3n) is 4.23. The van der Waals surface area contributed by atoms with Crippen LogP contribution in [0.3, 0.4) is 0 Å². The Morgan fingerprint density at radius 2 is 1.96 bits per heavy atom. The number of nitrogens with one attached hydrogen (secondary N) is 1. The number of alkyl halides is 3. The molecule has 0 spiro atoms. The number of amides is 1. The number of rotatable bonds is 3. The number of benzene rings is 1. The van der Waals surface area contributed by atoms with Gasteiger partial charge in [0.1, 0.15) is 11.8 Å². The molecule has 2 atom stereocenters. The molecule has 9 heteroatoms. The number of halogens is 3. The van der Waals surface area contributed by atoms with E-state index in [1.807, 2.05) is 30.3 Å². The summed E-state index contributed by atoms with van der Waals surface area (Å²) in [5, 5.41) is 6.07. The van der Waals surface area contributed by atoms with E-state index in [9.17, 15) is 18.0 Å². The molecule has 27 heavy (non-hydrogen) atoms. The molecule has 1 aliphatic rings. The van der Waals surface area contributed by atoms with E-state index in [1.165, 1.54) is 7.05 Å². The predicted molar refractivity (Wildman–Crippen MR) is 89.8 cm³/mol. The molecule has 1 aromatic heterocycles. The zero-order valence-corrected chi connectivity index (χ0v) is 15.1. The maximum absolute atomic E-state index is 12.8. The molecule has 2 heterocycles. The first-order valence-corrected chi connectivity index (χ1v) is 8.36. The van der Waals surface area contributed by atoms with Gasteiger partial charge in [-0.25, -0.2) is 0 Å². The lowest BCUT2D eigenvalue weighted by molar-refractivity contribution is -0.284. The third-order valence-corrected chi connectivity index (χ3v) is 4.23. The second-order valence-corrected chi connectivity index (χ2v) is 6.78. The van der Waals surface area contributed by atoms with Crippen molar-refractivity contribution in [2.75, 3.05) is 6.61 Å². The zero-order chi connectivity index (χ0) is 19.8. The molecule has 1 aliphatic heterocycles. The minimum absolute atomic E-state index is 0.155. The highest BCUT2D eigenvalue weighted by molar-refractivity contribution is 5.93. The van der Waals surface area contributed by atoms with Gasteiger partial charge in [0.15, 0.2) is 11.5 Å². The van der Waals surface area contributed by atoms with Crippen molar-refractivity contribution in [2.45, 2.75) is 38.0 Å². The van der Waals surface area contributed by atoms with Crippen LogP contribution in [0.5, 0.6) is 0 Å². The maximum atomic E-state index is 12.8. The lowest BCUT2D eigenvalue weighted by Crippen LogP contribution is -2.52. The SMILES string of the molecule is Cn1nc(C(F)(F)F)cc1C(=O)N[C@@H]1COC(C)(C)O[C@@H]1c1ccccc1. The molecule has 146 valence electrons. The van der Waals surface area contributed by atoms with E-state index in [0.717, 1.165) is 16.3 Å². The molecule has 1 amide bonds. The van der Waals surface area contributed by atoms with Crippen molar-refractivity contribution < 1.29 is 27.4 Å². The van der Waals surface area contributed by atoms with Gasteiger partial charge in [0.2, 0.25) is 0 Å². The third kappa shape index (κ3) is 4.30. The molecule has 1 saturated heterocycles. The Morgan fingerprint density at radius 1 is 1.30 bits per heavy atom. The molecule has 6 nitrogen and oxygen atoms in total. The van der Waals surface area contributed by atoms with Crippen LogP contribution in [0.2, 0.25) is 0 Å². The van der Waals surface area contributed by atoms with Crippen LogP contribution in [0.1, 0.15) is 41.7 Å². The van der Waals surface area contributed by atoms with Crippen LogP contribution in [0.15, 0.2) is 36.4 Å². The Balaban J connectivity index is 1.82. The summed E-state index contributed by atoms with van der Waals surface area (Å²) in [6.45, 7) is 3.68. The van der Waals surface area contributed by atoms with Crippen molar-refractivity contribution in [3.63, 3.8) is 0 Å². The van der Waals surface area contributed by atoms with Crippen LogP contribution in [-0.4, -0.2) is 34.1 Å². The molecule has 0 unspecified atom stereocenters. The molecule has 1 N–H and O–H groups in total. The average molecular weight is 383 g/mol. The molecular weight excluding hydrogens is 363 g/mol. The Bertz CT molecular complexity index is 818. The summed E-state index contributed by atoms with van der Waals surface area (Å²) in [5.74, 6) is -1.53. The molecule has 1 aromatic carbocycles. The van der Waals surface area contributed by atoms with E-state index in [-0.39, 0.29) is 12.3 Å². The smallest absolute Gasteiger partial charge is 0.348 e. The van der Waals surface area contributed by atoms with Crippen molar-refractivity contribution in [1.29, 1.82) is 0 Å². The van der Waals surface area contributed by atoms with E-state index < -0.39 is 35.7 Å². The van der Waals surface area contributed by atoms with Gasteiger partial charge in [0.25, 0.3) is 5.91 Å². The molecule has 3 rings (SSSR count). The summed E-state index contributed by atoms with van der Waals surface area (Å²) in [7, 11) is 1.29. The largest absolute Gasteiger partial charge is 0.435 e. The normalized spacial score (nSPS) is 22.4. The fourth-order valence-electron chi connectivity index (χ4n) is 2.92. The highest BCUT2D eigenvalue weighted by atomic mass is 19.4. The highest BCUT2D eigenvalue weighted by Gasteiger charge is 2.39. The van der Waals surface area contributed by atoms with Gasteiger partial charge in [-0.2, -0.15) is 18.3 Å². The zero-order valence-electron chi connectivity index (χ0n) is 15.1. The van der Waals surface area contributed by atoms with Crippen LogP contribution < -0.4 is 5.32 Å². The lowest BCUT2D eigenvalue weighted by atomic mass is 10.0. The van der Waals surface area contributed by atoms with E-state index >= 15 is 0 Å². The number of nitrogens with zero attached hydrogens (tertiary/aromatic N) is 2. The van der Waals surface area contributed by atoms with Crippen molar-refractivity contribution in [3.8, 4) is 0 Å². The van der Waals surface area contributed by atoms with Gasteiger partial charge in [-0.15, -0.1) is 0 Å². The van der Waals surface area contributed by atoms with E-state index in [2.05, 4.69) is 10.4 Å². The minimum atomic E-state index is -4.62. The minimum Gasteiger partial charge on any atom is -0.348 e. The first-order chi connectivity index (χ1) is 12.6. The van der Waals surface area contributed by atoms with Gasteiger partial charge in [0.05, 0.1) is 12.6 Å². The summed E-state index contributed by atoms with van der Waals surface area (Å²) in [4.78, 5) is 12.6. The summed E-state index contributed by atoms with van der Waals surface area (Å²) < 4.78 is 51.0. The Morgan fingerprint density at radius 3 is 2.56 bits per heavy atom. The van der Waals surface area contributed by atoms with Crippen molar-refractivity contribution >= 4 is 5.91 Å². The number of ether oxygens (including phenoxy) is 2. The van der Waals surface area contributed by atoms with Crippen LogP contribution in [0.4, 0.5) is 13.2 Å². The number of hydrogen-bond acceptors (Lipinski definition) is 4. The number of hydrogen-bond donors (Lipinski definition) is 1. The van der Waals surface area contributed by atoms with Crippen molar-refractivity contribution in [2.24, 2.45) is 7.05 Å². The van der Waals surface area contributed by atoms with Gasteiger partial charge >= 0.3 is 6.18 Å². The Hall–Kier alpha value is -2.39.